The van der Waals surface area contributed by atoms with Crippen LogP contribution in [0.2, 0.25) is 0 Å². The fourth-order valence-electron chi connectivity index (χ4n) is 2.57. The van der Waals surface area contributed by atoms with Gasteiger partial charge in [-0.25, -0.2) is 0 Å². The summed E-state index contributed by atoms with van der Waals surface area (Å²) in [6.45, 7) is -1.36. The highest BCUT2D eigenvalue weighted by molar-refractivity contribution is 6.01. The number of anilines is 1. The molecular formula is C16H13F3N2O2. The molecule has 0 aromatic heterocycles. The monoisotopic (exact) mass is 322 g/mol. The van der Waals surface area contributed by atoms with Crippen molar-refractivity contribution in [2.75, 3.05) is 11.9 Å². The van der Waals surface area contributed by atoms with E-state index in [4.69, 9.17) is 0 Å². The Labute approximate surface area is 130 Å². The van der Waals surface area contributed by atoms with E-state index in [1.807, 2.05) is 0 Å². The number of amides is 1. The molecule has 0 unspecified atom stereocenters. The number of alkyl halides is 3. The smallest absolute Gasteiger partial charge is 0.406 e. The van der Waals surface area contributed by atoms with Gasteiger partial charge in [0.15, 0.2) is 0 Å². The largest absolute Gasteiger partial charge is 0.508 e. The first kappa shape index (κ1) is 15.2. The number of fused-ring (bicyclic) bond motifs is 1. The number of para-hydroxylation sites is 1. The lowest BCUT2D eigenvalue weighted by Gasteiger charge is -2.38. The molecule has 2 aromatic rings. The van der Waals surface area contributed by atoms with Crippen LogP contribution in [-0.4, -0.2) is 28.6 Å². The van der Waals surface area contributed by atoms with Gasteiger partial charge in [0.2, 0.25) is 0 Å². The van der Waals surface area contributed by atoms with Gasteiger partial charge < -0.3 is 15.3 Å². The summed E-state index contributed by atoms with van der Waals surface area (Å²) in [6.07, 6.45) is -5.47. The molecule has 23 heavy (non-hydrogen) atoms. The molecule has 0 aliphatic carbocycles. The average molecular weight is 322 g/mol. The molecular weight excluding hydrogens is 309 g/mol. The lowest BCUT2D eigenvalue weighted by Crippen LogP contribution is -2.47. The van der Waals surface area contributed by atoms with Crippen molar-refractivity contribution in [1.82, 2.24) is 4.90 Å². The molecule has 1 heterocycles. The third kappa shape index (κ3) is 3.08. The highest BCUT2D eigenvalue weighted by atomic mass is 19.4. The minimum atomic E-state index is -4.52. The number of hydrogen-bond donors (Lipinski definition) is 2. The maximum Gasteiger partial charge on any atom is 0.406 e. The fraction of sp³-hybridized carbons (Fsp3) is 0.188. The average Bonchev–Trinajstić information content (AvgIpc) is 2.50. The van der Waals surface area contributed by atoms with Gasteiger partial charge in [-0.2, -0.15) is 13.2 Å². The van der Waals surface area contributed by atoms with E-state index in [0.717, 1.165) is 4.90 Å². The Morgan fingerprint density at radius 1 is 1.09 bits per heavy atom. The Balaban J connectivity index is 2.04. The molecule has 0 bridgehead atoms. The zero-order valence-electron chi connectivity index (χ0n) is 11.8. The number of hydrogen-bond acceptors (Lipinski definition) is 3. The van der Waals surface area contributed by atoms with E-state index in [9.17, 15) is 23.1 Å². The van der Waals surface area contributed by atoms with Crippen LogP contribution in [0.5, 0.6) is 5.75 Å². The number of halogens is 3. The third-order valence-corrected chi connectivity index (χ3v) is 3.58. The van der Waals surface area contributed by atoms with Gasteiger partial charge in [0, 0.05) is 5.69 Å². The van der Waals surface area contributed by atoms with Gasteiger partial charge in [-0.05, 0) is 29.8 Å². The molecule has 2 aromatic carbocycles. The van der Waals surface area contributed by atoms with E-state index in [1.54, 1.807) is 18.2 Å². The number of aromatic hydroxyl groups is 1. The number of phenols is 1. The Morgan fingerprint density at radius 3 is 2.39 bits per heavy atom. The lowest BCUT2D eigenvalue weighted by molar-refractivity contribution is -0.144. The number of benzene rings is 2. The van der Waals surface area contributed by atoms with Gasteiger partial charge in [0.05, 0.1) is 5.56 Å². The molecule has 1 atom stereocenters. The third-order valence-electron chi connectivity index (χ3n) is 3.58. The van der Waals surface area contributed by atoms with E-state index in [-0.39, 0.29) is 11.3 Å². The standard InChI is InChI=1S/C16H13F3N2O2/c17-16(18,19)9-21-14(10-5-7-11(22)8-6-10)20-13-4-2-1-3-12(13)15(21)23/h1-8,14,20,22H,9H2/t14-/m1/s1. The second-order valence-corrected chi connectivity index (χ2v) is 5.23. The fourth-order valence-corrected chi connectivity index (χ4v) is 2.57. The second-order valence-electron chi connectivity index (χ2n) is 5.23. The van der Waals surface area contributed by atoms with E-state index in [2.05, 4.69) is 5.32 Å². The summed E-state index contributed by atoms with van der Waals surface area (Å²) in [4.78, 5) is 13.2. The van der Waals surface area contributed by atoms with Crippen LogP contribution in [0.4, 0.5) is 18.9 Å². The quantitative estimate of drug-likeness (QED) is 0.889. The Kier molecular flexibility index (Phi) is 3.63. The zero-order valence-corrected chi connectivity index (χ0v) is 11.8. The molecule has 0 spiro atoms. The topological polar surface area (TPSA) is 52.6 Å². The predicted octanol–water partition coefficient (Wildman–Crippen LogP) is 3.52. The highest BCUT2D eigenvalue weighted by Crippen LogP contribution is 2.35. The molecule has 0 saturated carbocycles. The van der Waals surface area contributed by atoms with E-state index in [0.29, 0.717) is 11.3 Å². The lowest BCUT2D eigenvalue weighted by atomic mass is 10.0. The molecule has 1 aliphatic rings. The number of rotatable bonds is 2. The summed E-state index contributed by atoms with van der Waals surface area (Å²) in [5.74, 6) is -0.687. The van der Waals surface area contributed by atoms with Crippen LogP contribution in [0.15, 0.2) is 48.5 Å². The molecule has 0 fully saturated rings. The van der Waals surface area contributed by atoms with Gasteiger partial charge in [0.1, 0.15) is 18.5 Å². The van der Waals surface area contributed by atoms with Crippen LogP contribution in [0.1, 0.15) is 22.1 Å². The molecule has 2 N–H and O–H groups in total. The van der Waals surface area contributed by atoms with Crippen molar-refractivity contribution in [2.45, 2.75) is 12.3 Å². The van der Waals surface area contributed by atoms with Gasteiger partial charge in [0.25, 0.3) is 5.91 Å². The van der Waals surface area contributed by atoms with Crippen LogP contribution < -0.4 is 5.32 Å². The Bertz CT molecular complexity index is 729. The Morgan fingerprint density at radius 2 is 1.74 bits per heavy atom. The highest BCUT2D eigenvalue weighted by Gasteiger charge is 2.40. The summed E-state index contributed by atoms with van der Waals surface area (Å²) < 4.78 is 38.6. The van der Waals surface area contributed by atoms with Crippen LogP contribution in [0, 0.1) is 0 Å². The predicted molar refractivity (Wildman–Crippen MR) is 78.0 cm³/mol. The van der Waals surface area contributed by atoms with Gasteiger partial charge in [-0.15, -0.1) is 0 Å². The maximum absolute atomic E-state index is 12.9. The van der Waals surface area contributed by atoms with Crippen molar-refractivity contribution in [3.8, 4) is 5.75 Å². The van der Waals surface area contributed by atoms with Crippen molar-refractivity contribution in [2.24, 2.45) is 0 Å². The summed E-state index contributed by atoms with van der Waals surface area (Å²) in [5.41, 5.74) is 1.13. The van der Waals surface area contributed by atoms with Crippen molar-refractivity contribution >= 4 is 11.6 Å². The van der Waals surface area contributed by atoms with Crippen molar-refractivity contribution in [1.29, 1.82) is 0 Å². The minimum absolute atomic E-state index is 0.00124. The van der Waals surface area contributed by atoms with Crippen LogP contribution in [-0.2, 0) is 0 Å². The Hall–Kier alpha value is -2.70. The first-order valence-corrected chi connectivity index (χ1v) is 6.87. The maximum atomic E-state index is 12.9. The molecule has 1 aliphatic heterocycles. The van der Waals surface area contributed by atoms with Crippen molar-refractivity contribution in [3.63, 3.8) is 0 Å². The molecule has 0 saturated heterocycles. The number of nitrogens with one attached hydrogen (secondary N) is 1. The molecule has 7 heteroatoms. The summed E-state index contributed by atoms with van der Waals surface area (Å²) in [6, 6.07) is 12.1. The van der Waals surface area contributed by atoms with Crippen LogP contribution in [0.3, 0.4) is 0 Å². The van der Waals surface area contributed by atoms with Gasteiger partial charge in [-0.3, -0.25) is 4.79 Å². The van der Waals surface area contributed by atoms with Crippen LogP contribution in [0.25, 0.3) is 0 Å². The normalized spacial score (nSPS) is 17.6. The van der Waals surface area contributed by atoms with Crippen LogP contribution >= 0.6 is 0 Å². The molecule has 0 radical (unpaired) electrons. The van der Waals surface area contributed by atoms with E-state index < -0.39 is 24.8 Å². The molecule has 1 amide bonds. The first-order valence-electron chi connectivity index (χ1n) is 6.87. The molecule has 120 valence electrons. The van der Waals surface area contributed by atoms with E-state index in [1.165, 1.54) is 30.3 Å². The van der Waals surface area contributed by atoms with Crippen molar-refractivity contribution in [3.05, 3.63) is 59.7 Å². The summed E-state index contributed by atoms with van der Waals surface area (Å²) in [5, 5.41) is 12.3. The number of nitrogens with zero attached hydrogens (tertiary/aromatic N) is 1. The molecule has 4 nitrogen and oxygen atoms in total. The van der Waals surface area contributed by atoms with Gasteiger partial charge >= 0.3 is 6.18 Å². The summed E-state index contributed by atoms with van der Waals surface area (Å²) >= 11 is 0. The molecule has 3 rings (SSSR count). The minimum Gasteiger partial charge on any atom is -0.508 e. The number of carbonyl (C=O) groups is 1. The second kappa shape index (κ2) is 5.49. The summed E-state index contributed by atoms with van der Waals surface area (Å²) in [7, 11) is 0. The van der Waals surface area contributed by atoms with Gasteiger partial charge in [-0.1, -0.05) is 24.3 Å². The number of phenolic OH excluding ortho intramolecular Hbond substituents is 1. The SMILES string of the molecule is O=C1c2ccccc2N[C@@H](c2ccc(O)cc2)N1CC(F)(F)F. The zero-order chi connectivity index (χ0) is 16.6. The van der Waals surface area contributed by atoms with Crippen molar-refractivity contribution < 1.29 is 23.1 Å². The van der Waals surface area contributed by atoms with E-state index >= 15 is 0 Å². The number of carbonyl (C=O) groups excluding carboxylic acids is 1. The first-order chi connectivity index (χ1) is 10.8.